The topological polar surface area (TPSA) is 140 Å². The Hall–Kier alpha value is -1.48. The third-order valence-electron chi connectivity index (χ3n) is 2.69. The fourth-order valence-corrected chi connectivity index (χ4v) is 1.55. The Balaban J connectivity index is 5.05. The van der Waals surface area contributed by atoms with Crippen molar-refractivity contribution < 1.29 is 34.6 Å². The maximum atomic E-state index is 11.6. The number of unbranched alkanes of at least 4 members (excludes halogenated alkanes) is 1. The van der Waals surface area contributed by atoms with E-state index in [-0.39, 0.29) is 6.61 Å². The van der Waals surface area contributed by atoms with Crippen molar-refractivity contribution in [3.63, 3.8) is 0 Å². The lowest BCUT2D eigenvalue weighted by atomic mass is 10.0. The van der Waals surface area contributed by atoms with Gasteiger partial charge in [-0.2, -0.15) is 9.78 Å². The summed E-state index contributed by atoms with van der Waals surface area (Å²) in [6.45, 7) is 3.81. The molecule has 0 aliphatic heterocycles. The molecule has 0 saturated heterocycles. The molecule has 0 heterocycles. The van der Waals surface area contributed by atoms with Crippen molar-refractivity contribution in [3.05, 3.63) is 5.57 Å². The number of nitrogens with one attached hydrogen (secondary N) is 1. The van der Waals surface area contributed by atoms with Crippen molar-refractivity contribution in [2.45, 2.75) is 51.5 Å². The van der Waals surface area contributed by atoms with Crippen LogP contribution in [0, 0.1) is 0 Å². The molecule has 0 radical (unpaired) electrons. The second-order valence-electron chi connectivity index (χ2n) is 4.32. The summed E-state index contributed by atoms with van der Waals surface area (Å²) in [6, 6.07) is -0.956. The molecule has 1 atom stereocenters. The van der Waals surface area contributed by atoms with Crippen LogP contribution in [0.4, 0.5) is 4.79 Å². The van der Waals surface area contributed by atoms with Crippen LogP contribution >= 0.6 is 0 Å². The number of hydrogen-bond donors (Lipinski definition) is 4. The highest BCUT2D eigenvalue weighted by Gasteiger charge is 2.45. The van der Waals surface area contributed by atoms with Gasteiger partial charge in [0.2, 0.25) is 0 Å². The standard InChI is InChI=1S/C12H22N2O7/c1-3-5-7-19-11(16)14-12(20-17,21-18)9(8-15)10(13)6-4-2/h10,17-18H,3-7,13H2,1-2H3,(H,14,16). The van der Waals surface area contributed by atoms with Crippen LogP contribution in [0.1, 0.15) is 39.5 Å². The van der Waals surface area contributed by atoms with Gasteiger partial charge in [0.1, 0.15) is 11.5 Å². The lowest BCUT2D eigenvalue weighted by Gasteiger charge is -2.29. The van der Waals surface area contributed by atoms with Crippen LogP contribution in [-0.4, -0.2) is 41.1 Å². The van der Waals surface area contributed by atoms with Crippen LogP contribution in [-0.2, 0) is 19.3 Å². The third kappa shape index (κ3) is 5.80. The number of nitrogens with two attached hydrogens (primary N) is 1. The van der Waals surface area contributed by atoms with Crippen molar-refractivity contribution in [3.8, 4) is 0 Å². The fourth-order valence-electron chi connectivity index (χ4n) is 1.55. The van der Waals surface area contributed by atoms with Crippen molar-refractivity contribution >= 4 is 12.0 Å². The predicted molar refractivity (Wildman–Crippen MR) is 71.6 cm³/mol. The summed E-state index contributed by atoms with van der Waals surface area (Å²) in [5, 5.41) is 19.7. The Bertz CT molecular complexity index is 365. The van der Waals surface area contributed by atoms with Crippen LogP contribution < -0.4 is 11.1 Å². The summed E-state index contributed by atoms with van der Waals surface area (Å²) < 4.78 is 4.76. The van der Waals surface area contributed by atoms with E-state index >= 15 is 0 Å². The van der Waals surface area contributed by atoms with E-state index in [0.29, 0.717) is 19.3 Å². The van der Waals surface area contributed by atoms with Gasteiger partial charge in [-0.1, -0.05) is 26.7 Å². The van der Waals surface area contributed by atoms with E-state index in [0.717, 1.165) is 6.42 Å². The van der Waals surface area contributed by atoms with Gasteiger partial charge in [0.25, 0.3) is 0 Å². The molecule has 21 heavy (non-hydrogen) atoms. The van der Waals surface area contributed by atoms with Gasteiger partial charge in [-0.05, 0) is 12.8 Å². The number of amides is 1. The first kappa shape index (κ1) is 19.5. The highest BCUT2D eigenvalue weighted by molar-refractivity contribution is 5.70. The van der Waals surface area contributed by atoms with Crippen molar-refractivity contribution in [1.29, 1.82) is 0 Å². The van der Waals surface area contributed by atoms with Crippen molar-refractivity contribution in [2.75, 3.05) is 6.61 Å². The fraction of sp³-hybridized carbons (Fsp3) is 0.750. The van der Waals surface area contributed by atoms with Gasteiger partial charge in [-0.25, -0.2) is 20.1 Å². The minimum Gasteiger partial charge on any atom is -0.449 e. The Morgan fingerprint density at radius 1 is 1.33 bits per heavy atom. The molecule has 0 spiro atoms. The molecular formula is C12H22N2O7. The molecule has 0 fully saturated rings. The van der Waals surface area contributed by atoms with E-state index in [9.17, 15) is 9.59 Å². The first-order valence-electron chi connectivity index (χ1n) is 6.62. The number of ether oxygens (including phenoxy) is 1. The summed E-state index contributed by atoms with van der Waals surface area (Å²) in [5.74, 6) is -1.25. The van der Waals surface area contributed by atoms with Gasteiger partial charge >= 0.3 is 12.0 Å². The summed E-state index contributed by atoms with van der Waals surface area (Å²) in [6.07, 6.45) is 1.26. The molecule has 0 aliphatic rings. The normalized spacial score (nSPS) is 12.4. The van der Waals surface area contributed by atoms with E-state index in [4.69, 9.17) is 21.0 Å². The van der Waals surface area contributed by atoms with Gasteiger partial charge in [0.05, 0.1) is 6.61 Å². The SMILES string of the molecule is CCCCOC(=O)NC(OO)(OO)C(=C=O)C(N)CCC. The van der Waals surface area contributed by atoms with Crippen LogP contribution in [0.25, 0.3) is 0 Å². The number of rotatable bonds is 10. The minimum atomic E-state index is -2.65. The van der Waals surface area contributed by atoms with Crippen LogP contribution in [0.15, 0.2) is 5.57 Å². The Morgan fingerprint density at radius 2 is 1.95 bits per heavy atom. The highest BCUT2D eigenvalue weighted by Crippen LogP contribution is 2.21. The van der Waals surface area contributed by atoms with Gasteiger partial charge < -0.3 is 10.5 Å². The second kappa shape index (κ2) is 10.3. The molecule has 9 nitrogen and oxygen atoms in total. The molecule has 0 saturated carbocycles. The third-order valence-corrected chi connectivity index (χ3v) is 2.69. The summed E-state index contributed by atoms with van der Waals surface area (Å²) >= 11 is 0. The Kier molecular flexibility index (Phi) is 9.55. The van der Waals surface area contributed by atoms with E-state index in [1.165, 1.54) is 5.94 Å². The van der Waals surface area contributed by atoms with E-state index in [1.54, 1.807) is 6.92 Å². The second-order valence-corrected chi connectivity index (χ2v) is 4.32. The molecule has 0 aromatic carbocycles. The minimum absolute atomic E-state index is 0.108. The van der Waals surface area contributed by atoms with E-state index in [1.807, 2.05) is 12.2 Å². The lowest BCUT2D eigenvalue weighted by Crippen LogP contribution is -2.57. The monoisotopic (exact) mass is 306 g/mol. The number of carbonyl (C=O) groups excluding carboxylic acids is 2. The van der Waals surface area contributed by atoms with Gasteiger partial charge in [0.15, 0.2) is 0 Å². The highest BCUT2D eigenvalue weighted by atomic mass is 17.2. The first-order chi connectivity index (χ1) is 10.0. The lowest BCUT2D eigenvalue weighted by molar-refractivity contribution is -0.479. The molecule has 1 amide bonds. The molecule has 0 aliphatic carbocycles. The van der Waals surface area contributed by atoms with E-state index in [2.05, 4.69) is 9.78 Å². The Morgan fingerprint density at radius 3 is 2.38 bits per heavy atom. The van der Waals surface area contributed by atoms with Crippen LogP contribution in [0.5, 0.6) is 0 Å². The quantitative estimate of drug-likeness (QED) is 0.154. The molecule has 9 heteroatoms. The predicted octanol–water partition coefficient (Wildman–Crippen LogP) is 1.03. The maximum absolute atomic E-state index is 11.6. The van der Waals surface area contributed by atoms with Crippen molar-refractivity contribution in [1.82, 2.24) is 5.32 Å². The van der Waals surface area contributed by atoms with E-state index < -0.39 is 23.6 Å². The number of carbonyl (C=O) groups is 1. The summed E-state index contributed by atoms with van der Waals surface area (Å²) in [4.78, 5) is 30.4. The summed E-state index contributed by atoms with van der Waals surface area (Å²) in [7, 11) is 0. The zero-order valence-corrected chi connectivity index (χ0v) is 12.1. The molecule has 0 bridgehead atoms. The maximum Gasteiger partial charge on any atom is 0.411 e. The molecule has 0 rings (SSSR count). The zero-order chi connectivity index (χ0) is 16.3. The molecule has 0 aromatic heterocycles. The van der Waals surface area contributed by atoms with Gasteiger partial charge in [-0.15, -0.1) is 0 Å². The van der Waals surface area contributed by atoms with Crippen molar-refractivity contribution in [2.24, 2.45) is 5.73 Å². The first-order valence-corrected chi connectivity index (χ1v) is 6.62. The average Bonchev–Trinajstić information content (AvgIpc) is 2.47. The zero-order valence-electron chi connectivity index (χ0n) is 12.1. The molecule has 1 unspecified atom stereocenters. The largest absolute Gasteiger partial charge is 0.449 e. The molecular weight excluding hydrogens is 284 g/mol. The molecule has 5 N–H and O–H groups in total. The average molecular weight is 306 g/mol. The smallest absolute Gasteiger partial charge is 0.411 e. The summed E-state index contributed by atoms with van der Waals surface area (Å²) in [5.41, 5.74) is 5.19. The number of alkyl carbamates (subject to hydrolysis) is 1. The van der Waals surface area contributed by atoms with Gasteiger partial charge in [-0.3, -0.25) is 5.32 Å². The Labute approximate surface area is 122 Å². The molecule has 0 aromatic rings. The molecule has 122 valence electrons. The van der Waals surface area contributed by atoms with Gasteiger partial charge in [0, 0.05) is 6.04 Å². The van der Waals surface area contributed by atoms with Crippen LogP contribution in [0.2, 0.25) is 0 Å². The van der Waals surface area contributed by atoms with Crippen LogP contribution in [0.3, 0.4) is 0 Å². The number of hydrogen-bond acceptors (Lipinski definition) is 8.